The number of halogens is 3. The number of hydrogen-bond donors (Lipinski definition) is 0. The molecule has 0 aliphatic heterocycles. The Morgan fingerprint density at radius 3 is 2.21 bits per heavy atom. The molecule has 3 nitrogen and oxygen atoms in total. The van der Waals surface area contributed by atoms with E-state index in [-0.39, 0.29) is 11.5 Å². The SMILES string of the molecule is CC=C(C)COS(=O)(=O)c1ccc(C(F)(F)F)cc1. The normalized spacial score (nSPS) is 13.6. The Hall–Kier alpha value is -1.34. The number of alkyl halides is 3. The lowest BCUT2D eigenvalue weighted by Gasteiger charge is -2.08. The molecular formula is C12H13F3O3S. The van der Waals surface area contributed by atoms with Gasteiger partial charge < -0.3 is 0 Å². The van der Waals surface area contributed by atoms with E-state index >= 15 is 0 Å². The lowest BCUT2D eigenvalue weighted by molar-refractivity contribution is -0.137. The van der Waals surface area contributed by atoms with Crippen LogP contribution in [-0.2, 0) is 20.5 Å². The molecule has 0 saturated heterocycles. The van der Waals surface area contributed by atoms with Crippen molar-refractivity contribution >= 4 is 10.1 Å². The molecular weight excluding hydrogens is 281 g/mol. The topological polar surface area (TPSA) is 43.4 Å². The van der Waals surface area contributed by atoms with Crippen LogP contribution in [0.2, 0.25) is 0 Å². The van der Waals surface area contributed by atoms with Gasteiger partial charge >= 0.3 is 6.18 Å². The highest BCUT2D eigenvalue weighted by atomic mass is 32.2. The van der Waals surface area contributed by atoms with Crippen molar-refractivity contribution in [3.63, 3.8) is 0 Å². The molecule has 1 aromatic carbocycles. The quantitative estimate of drug-likeness (QED) is 0.631. The summed E-state index contributed by atoms with van der Waals surface area (Å²) in [5.41, 5.74) is -0.202. The van der Waals surface area contributed by atoms with Crippen LogP contribution in [0.1, 0.15) is 19.4 Å². The lowest BCUT2D eigenvalue weighted by atomic mass is 10.2. The first-order valence-electron chi connectivity index (χ1n) is 5.35. The van der Waals surface area contributed by atoms with Gasteiger partial charge in [-0.2, -0.15) is 21.6 Å². The third-order valence-corrected chi connectivity index (χ3v) is 3.68. The molecule has 106 valence electrons. The molecule has 0 fully saturated rings. The molecule has 0 bridgehead atoms. The second-order valence-corrected chi connectivity index (χ2v) is 5.49. The summed E-state index contributed by atoms with van der Waals surface area (Å²) < 4.78 is 65.1. The molecule has 0 radical (unpaired) electrons. The molecule has 7 heteroatoms. The number of rotatable bonds is 4. The summed E-state index contributed by atoms with van der Waals surface area (Å²) >= 11 is 0. The fourth-order valence-corrected chi connectivity index (χ4v) is 2.08. The first kappa shape index (κ1) is 15.7. The molecule has 0 amide bonds. The third-order valence-electron chi connectivity index (χ3n) is 2.40. The van der Waals surface area contributed by atoms with E-state index in [9.17, 15) is 21.6 Å². The Kier molecular flexibility index (Phi) is 4.75. The number of benzene rings is 1. The van der Waals surface area contributed by atoms with Gasteiger partial charge in [-0.3, -0.25) is 4.18 Å². The predicted molar refractivity (Wildman–Crippen MR) is 64.0 cm³/mol. The Labute approximate surface area is 109 Å². The summed E-state index contributed by atoms with van der Waals surface area (Å²) in [5.74, 6) is 0. The van der Waals surface area contributed by atoms with Crippen molar-refractivity contribution in [2.45, 2.75) is 24.9 Å². The van der Waals surface area contributed by atoms with Crippen LogP contribution < -0.4 is 0 Å². The van der Waals surface area contributed by atoms with E-state index < -0.39 is 21.9 Å². The summed E-state index contributed by atoms with van der Waals surface area (Å²) in [6.45, 7) is 3.28. The van der Waals surface area contributed by atoms with Crippen LogP contribution in [0, 0.1) is 0 Å². The molecule has 0 spiro atoms. The molecule has 0 unspecified atom stereocenters. The molecule has 0 atom stereocenters. The van der Waals surface area contributed by atoms with Crippen molar-refractivity contribution in [1.82, 2.24) is 0 Å². The molecule has 19 heavy (non-hydrogen) atoms. The molecule has 1 rings (SSSR count). The minimum Gasteiger partial charge on any atom is -0.262 e. The van der Waals surface area contributed by atoms with Crippen molar-refractivity contribution < 1.29 is 25.8 Å². The minimum atomic E-state index is -4.50. The highest BCUT2D eigenvalue weighted by molar-refractivity contribution is 7.86. The van der Waals surface area contributed by atoms with Gasteiger partial charge in [0.15, 0.2) is 0 Å². The average molecular weight is 294 g/mol. The molecule has 0 aliphatic rings. The first-order chi connectivity index (χ1) is 8.66. The molecule has 0 N–H and O–H groups in total. The van der Waals surface area contributed by atoms with Gasteiger partial charge in [0.05, 0.1) is 17.1 Å². The van der Waals surface area contributed by atoms with E-state index in [1.54, 1.807) is 19.9 Å². The van der Waals surface area contributed by atoms with Crippen LogP contribution in [0.3, 0.4) is 0 Å². The largest absolute Gasteiger partial charge is 0.416 e. The Balaban J connectivity index is 2.91. The Bertz CT molecular complexity index is 557. The summed E-state index contributed by atoms with van der Waals surface area (Å²) in [7, 11) is -4.04. The van der Waals surface area contributed by atoms with Gasteiger partial charge in [0.1, 0.15) is 0 Å². The highest BCUT2D eigenvalue weighted by Crippen LogP contribution is 2.29. The minimum absolute atomic E-state index is 0.125. The van der Waals surface area contributed by atoms with E-state index in [1.807, 2.05) is 0 Å². The van der Waals surface area contributed by atoms with E-state index in [0.29, 0.717) is 17.7 Å². The smallest absolute Gasteiger partial charge is 0.262 e. The van der Waals surface area contributed by atoms with E-state index in [0.717, 1.165) is 12.1 Å². The van der Waals surface area contributed by atoms with E-state index in [2.05, 4.69) is 0 Å². The van der Waals surface area contributed by atoms with Crippen molar-refractivity contribution in [2.75, 3.05) is 6.61 Å². The van der Waals surface area contributed by atoms with Gasteiger partial charge in [-0.25, -0.2) is 0 Å². The molecule has 0 aromatic heterocycles. The predicted octanol–water partition coefficient (Wildman–Crippen LogP) is 3.38. The average Bonchev–Trinajstić information content (AvgIpc) is 2.35. The summed E-state index contributed by atoms with van der Waals surface area (Å²) in [4.78, 5) is -0.301. The van der Waals surface area contributed by atoms with Crippen molar-refractivity contribution in [2.24, 2.45) is 0 Å². The van der Waals surface area contributed by atoms with Gasteiger partial charge in [-0.05, 0) is 38.1 Å². The van der Waals surface area contributed by atoms with Crippen LogP contribution in [0.25, 0.3) is 0 Å². The van der Waals surface area contributed by atoms with E-state index in [1.165, 1.54) is 0 Å². The lowest BCUT2D eigenvalue weighted by Crippen LogP contribution is -2.10. The van der Waals surface area contributed by atoms with Crippen LogP contribution >= 0.6 is 0 Å². The van der Waals surface area contributed by atoms with Gasteiger partial charge in [0, 0.05) is 0 Å². The van der Waals surface area contributed by atoms with Crippen molar-refractivity contribution in [3.8, 4) is 0 Å². The number of hydrogen-bond acceptors (Lipinski definition) is 3. The van der Waals surface area contributed by atoms with Crippen molar-refractivity contribution in [1.29, 1.82) is 0 Å². The van der Waals surface area contributed by atoms with Crippen LogP contribution in [0.15, 0.2) is 40.8 Å². The maximum absolute atomic E-state index is 12.3. The maximum Gasteiger partial charge on any atom is 0.416 e. The van der Waals surface area contributed by atoms with E-state index in [4.69, 9.17) is 4.18 Å². The van der Waals surface area contributed by atoms with Gasteiger partial charge in [0.2, 0.25) is 0 Å². The summed E-state index contributed by atoms with van der Waals surface area (Å²) in [5, 5.41) is 0. The molecule has 0 aliphatic carbocycles. The third kappa shape index (κ3) is 4.36. The molecule has 0 heterocycles. The zero-order valence-electron chi connectivity index (χ0n) is 10.4. The maximum atomic E-state index is 12.3. The fraction of sp³-hybridized carbons (Fsp3) is 0.333. The highest BCUT2D eigenvalue weighted by Gasteiger charge is 2.30. The van der Waals surface area contributed by atoms with Crippen molar-refractivity contribution in [3.05, 3.63) is 41.5 Å². The Morgan fingerprint density at radius 1 is 1.26 bits per heavy atom. The molecule has 1 aromatic rings. The number of allylic oxidation sites excluding steroid dienone is 1. The van der Waals surface area contributed by atoms with Gasteiger partial charge in [0.25, 0.3) is 10.1 Å². The zero-order chi connectivity index (χ0) is 14.7. The zero-order valence-corrected chi connectivity index (χ0v) is 11.2. The second kappa shape index (κ2) is 5.75. The van der Waals surface area contributed by atoms with Gasteiger partial charge in [-0.1, -0.05) is 11.6 Å². The monoisotopic (exact) mass is 294 g/mol. The van der Waals surface area contributed by atoms with Crippen LogP contribution in [0.4, 0.5) is 13.2 Å². The van der Waals surface area contributed by atoms with Crippen LogP contribution in [-0.4, -0.2) is 15.0 Å². The standard InChI is InChI=1S/C12H13F3O3S/c1-3-9(2)8-18-19(16,17)11-6-4-10(5-7-11)12(13,14)15/h3-7H,8H2,1-2H3. The molecule has 0 saturated carbocycles. The first-order valence-corrected chi connectivity index (χ1v) is 6.76. The second-order valence-electron chi connectivity index (χ2n) is 3.87. The fourth-order valence-electron chi connectivity index (χ4n) is 1.13. The summed E-state index contributed by atoms with van der Waals surface area (Å²) in [6, 6.07) is 3.17. The Morgan fingerprint density at radius 2 is 1.79 bits per heavy atom. The van der Waals surface area contributed by atoms with Crippen LogP contribution in [0.5, 0.6) is 0 Å². The summed E-state index contributed by atoms with van der Waals surface area (Å²) in [6.07, 6.45) is -2.81. The van der Waals surface area contributed by atoms with Gasteiger partial charge in [-0.15, -0.1) is 0 Å².